The molecule has 116 valence electrons. The summed E-state index contributed by atoms with van der Waals surface area (Å²) < 4.78 is 5.16. The standard InChI is InChI=1S/C14H14ClN3O3S/c1-7-11(22-9(3)17-7)14(20)21-8(2)13(19)18-10-5-4-6-16-12(10)15/h4-6,8H,1-3H3,(H,18,19)/t8-/m1/s1. The largest absolute Gasteiger partial charge is 0.448 e. The predicted octanol–water partition coefficient (Wildman–Crippen LogP) is 2.99. The lowest BCUT2D eigenvalue weighted by Crippen LogP contribution is -2.30. The molecular weight excluding hydrogens is 326 g/mol. The molecule has 0 radical (unpaired) electrons. The molecule has 1 amide bonds. The monoisotopic (exact) mass is 339 g/mol. The highest BCUT2D eigenvalue weighted by atomic mass is 35.5. The van der Waals surface area contributed by atoms with Gasteiger partial charge in [-0.3, -0.25) is 4.79 Å². The molecule has 0 aromatic carbocycles. The van der Waals surface area contributed by atoms with Crippen molar-refractivity contribution in [2.75, 3.05) is 5.32 Å². The van der Waals surface area contributed by atoms with Gasteiger partial charge < -0.3 is 10.1 Å². The number of aryl methyl sites for hydroxylation is 2. The quantitative estimate of drug-likeness (QED) is 0.684. The number of ether oxygens (including phenoxy) is 1. The van der Waals surface area contributed by atoms with E-state index in [4.69, 9.17) is 16.3 Å². The molecule has 0 aliphatic carbocycles. The summed E-state index contributed by atoms with van der Waals surface area (Å²) in [6, 6.07) is 3.25. The number of anilines is 1. The minimum atomic E-state index is -0.967. The highest BCUT2D eigenvalue weighted by Gasteiger charge is 2.22. The second-order valence-electron chi connectivity index (χ2n) is 4.53. The number of pyridine rings is 1. The van der Waals surface area contributed by atoms with Crippen LogP contribution in [0.25, 0.3) is 0 Å². The van der Waals surface area contributed by atoms with E-state index in [1.807, 2.05) is 0 Å². The topological polar surface area (TPSA) is 81.2 Å². The van der Waals surface area contributed by atoms with Gasteiger partial charge in [0.15, 0.2) is 11.3 Å². The van der Waals surface area contributed by atoms with Gasteiger partial charge in [0.2, 0.25) is 0 Å². The molecule has 0 bridgehead atoms. The highest BCUT2D eigenvalue weighted by molar-refractivity contribution is 7.13. The summed E-state index contributed by atoms with van der Waals surface area (Å²) >= 11 is 7.09. The number of rotatable bonds is 4. The van der Waals surface area contributed by atoms with Crippen molar-refractivity contribution in [3.63, 3.8) is 0 Å². The van der Waals surface area contributed by atoms with Crippen LogP contribution in [-0.4, -0.2) is 27.9 Å². The number of hydrogen-bond acceptors (Lipinski definition) is 6. The fraction of sp³-hybridized carbons (Fsp3) is 0.286. The van der Waals surface area contributed by atoms with Gasteiger partial charge in [0.25, 0.3) is 5.91 Å². The zero-order chi connectivity index (χ0) is 16.3. The number of esters is 1. The smallest absolute Gasteiger partial charge is 0.351 e. The van der Waals surface area contributed by atoms with E-state index in [9.17, 15) is 9.59 Å². The molecule has 1 atom stereocenters. The number of nitrogens with zero attached hydrogens (tertiary/aromatic N) is 2. The maximum atomic E-state index is 12.0. The van der Waals surface area contributed by atoms with Crippen LogP contribution in [0.1, 0.15) is 27.3 Å². The second kappa shape index (κ2) is 6.85. The van der Waals surface area contributed by atoms with Crippen molar-refractivity contribution in [3.05, 3.63) is 39.1 Å². The SMILES string of the molecule is Cc1nc(C)c(C(=O)O[C@H](C)C(=O)Nc2cccnc2Cl)s1. The zero-order valence-corrected chi connectivity index (χ0v) is 13.8. The number of amides is 1. The van der Waals surface area contributed by atoms with Gasteiger partial charge in [-0.1, -0.05) is 11.6 Å². The third-order valence-electron chi connectivity index (χ3n) is 2.76. The minimum Gasteiger partial charge on any atom is -0.448 e. The van der Waals surface area contributed by atoms with Gasteiger partial charge in [-0.25, -0.2) is 14.8 Å². The molecular formula is C14H14ClN3O3S. The van der Waals surface area contributed by atoms with Crippen molar-refractivity contribution in [3.8, 4) is 0 Å². The van der Waals surface area contributed by atoms with E-state index >= 15 is 0 Å². The lowest BCUT2D eigenvalue weighted by atomic mass is 10.3. The molecule has 2 aromatic heterocycles. The molecule has 0 spiro atoms. The normalized spacial score (nSPS) is 11.8. The van der Waals surface area contributed by atoms with Crippen molar-refractivity contribution < 1.29 is 14.3 Å². The maximum absolute atomic E-state index is 12.0. The molecule has 2 rings (SSSR count). The number of hydrogen-bond donors (Lipinski definition) is 1. The predicted molar refractivity (Wildman–Crippen MR) is 84.3 cm³/mol. The molecule has 1 N–H and O–H groups in total. The van der Waals surface area contributed by atoms with E-state index in [1.165, 1.54) is 24.5 Å². The summed E-state index contributed by atoms with van der Waals surface area (Å²) in [5.74, 6) is -1.05. The van der Waals surface area contributed by atoms with Crippen molar-refractivity contribution in [2.24, 2.45) is 0 Å². The third-order valence-corrected chi connectivity index (χ3v) is 4.11. The third kappa shape index (κ3) is 3.80. The Morgan fingerprint density at radius 3 is 2.73 bits per heavy atom. The summed E-state index contributed by atoms with van der Waals surface area (Å²) in [6.45, 7) is 5.01. The summed E-state index contributed by atoms with van der Waals surface area (Å²) in [4.78, 5) is 32.5. The van der Waals surface area contributed by atoms with Gasteiger partial charge in [0, 0.05) is 6.20 Å². The molecule has 22 heavy (non-hydrogen) atoms. The van der Waals surface area contributed by atoms with Crippen LogP contribution in [-0.2, 0) is 9.53 Å². The van der Waals surface area contributed by atoms with Gasteiger partial charge in [-0.15, -0.1) is 11.3 Å². The Hall–Kier alpha value is -1.99. The molecule has 2 heterocycles. The first-order chi connectivity index (χ1) is 10.4. The number of halogens is 1. The van der Waals surface area contributed by atoms with Gasteiger partial charge in [-0.05, 0) is 32.9 Å². The second-order valence-corrected chi connectivity index (χ2v) is 6.09. The lowest BCUT2D eigenvalue weighted by Gasteiger charge is -2.13. The minimum absolute atomic E-state index is 0.170. The first-order valence-electron chi connectivity index (χ1n) is 6.45. The van der Waals surface area contributed by atoms with Gasteiger partial charge in [0.05, 0.1) is 16.4 Å². The highest BCUT2D eigenvalue weighted by Crippen LogP contribution is 2.20. The van der Waals surface area contributed by atoms with E-state index in [-0.39, 0.29) is 5.15 Å². The molecule has 0 saturated heterocycles. The van der Waals surface area contributed by atoms with Gasteiger partial charge in [0.1, 0.15) is 4.88 Å². The summed E-state index contributed by atoms with van der Waals surface area (Å²) in [7, 11) is 0. The van der Waals surface area contributed by atoms with Crippen LogP contribution >= 0.6 is 22.9 Å². The zero-order valence-electron chi connectivity index (χ0n) is 12.2. The Bertz CT molecular complexity index is 717. The van der Waals surface area contributed by atoms with Crippen LogP contribution in [0.3, 0.4) is 0 Å². The van der Waals surface area contributed by atoms with E-state index in [0.29, 0.717) is 16.3 Å². The molecule has 0 aliphatic rings. The number of nitrogens with one attached hydrogen (secondary N) is 1. The Morgan fingerprint density at radius 2 is 2.14 bits per heavy atom. The Kier molecular flexibility index (Phi) is 5.10. The molecule has 2 aromatic rings. The molecule has 0 fully saturated rings. The van der Waals surface area contributed by atoms with Crippen molar-refractivity contribution in [2.45, 2.75) is 26.9 Å². The van der Waals surface area contributed by atoms with Gasteiger partial charge >= 0.3 is 5.97 Å². The van der Waals surface area contributed by atoms with Crippen LogP contribution in [0, 0.1) is 13.8 Å². The molecule has 6 nitrogen and oxygen atoms in total. The van der Waals surface area contributed by atoms with Gasteiger partial charge in [-0.2, -0.15) is 0 Å². The van der Waals surface area contributed by atoms with Crippen molar-refractivity contribution >= 4 is 40.5 Å². The fourth-order valence-corrected chi connectivity index (χ4v) is 2.67. The average Bonchev–Trinajstić information content (AvgIpc) is 2.80. The fourth-order valence-electron chi connectivity index (χ4n) is 1.70. The number of carbonyl (C=O) groups is 2. The van der Waals surface area contributed by atoms with Crippen LogP contribution in [0.2, 0.25) is 5.15 Å². The van der Waals surface area contributed by atoms with E-state index in [2.05, 4.69) is 15.3 Å². The number of thiazole rings is 1. The Balaban J connectivity index is 2.01. The van der Waals surface area contributed by atoms with Crippen molar-refractivity contribution in [1.29, 1.82) is 0 Å². The van der Waals surface area contributed by atoms with E-state index in [0.717, 1.165) is 5.01 Å². The lowest BCUT2D eigenvalue weighted by molar-refractivity contribution is -0.123. The Labute approximate surface area is 136 Å². The Morgan fingerprint density at radius 1 is 1.41 bits per heavy atom. The molecule has 0 aliphatic heterocycles. The van der Waals surface area contributed by atoms with E-state index in [1.54, 1.807) is 26.0 Å². The summed E-state index contributed by atoms with van der Waals surface area (Å²) in [6.07, 6.45) is 0.543. The van der Waals surface area contributed by atoms with E-state index < -0.39 is 18.0 Å². The number of carbonyl (C=O) groups excluding carboxylic acids is 2. The molecule has 8 heteroatoms. The first-order valence-corrected chi connectivity index (χ1v) is 7.64. The summed E-state index contributed by atoms with van der Waals surface area (Å²) in [5.41, 5.74) is 0.956. The van der Waals surface area contributed by atoms with Crippen LogP contribution in [0.4, 0.5) is 5.69 Å². The van der Waals surface area contributed by atoms with Crippen LogP contribution in [0.15, 0.2) is 18.3 Å². The average molecular weight is 340 g/mol. The molecule has 0 saturated carbocycles. The summed E-state index contributed by atoms with van der Waals surface area (Å²) in [5, 5.41) is 3.50. The van der Waals surface area contributed by atoms with Crippen LogP contribution < -0.4 is 5.32 Å². The maximum Gasteiger partial charge on any atom is 0.351 e. The molecule has 0 unspecified atom stereocenters. The van der Waals surface area contributed by atoms with Crippen LogP contribution in [0.5, 0.6) is 0 Å². The first kappa shape index (κ1) is 16.4. The number of aromatic nitrogens is 2. The van der Waals surface area contributed by atoms with Crippen molar-refractivity contribution in [1.82, 2.24) is 9.97 Å².